The van der Waals surface area contributed by atoms with E-state index in [-0.39, 0.29) is 12.2 Å². The van der Waals surface area contributed by atoms with Gasteiger partial charge in [-0.1, -0.05) is 0 Å². The van der Waals surface area contributed by atoms with Crippen molar-refractivity contribution in [1.82, 2.24) is 19.5 Å². The standard InChI is InChI=1S/C10H11F2N5O/c11-7-5(1-10(7,12)2-18)17-4-16-6-8(13)14-3-15-9(6)17/h3-5,7,18H,1-2H2,(H2,13,14,15)/t5-,7+,10+/m1/s1. The Morgan fingerprint density at radius 3 is 2.94 bits per heavy atom. The van der Waals surface area contributed by atoms with Crippen LogP contribution in [0.15, 0.2) is 12.7 Å². The summed E-state index contributed by atoms with van der Waals surface area (Å²) < 4.78 is 28.8. The molecular formula is C10H11F2N5O. The molecule has 0 radical (unpaired) electrons. The lowest BCUT2D eigenvalue weighted by atomic mass is 9.75. The van der Waals surface area contributed by atoms with Gasteiger partial charge >= 0.3 is 0 Å². The quantitative estimate of drug-likeness (QED) is 0.810. The second-order valence-electron chi connectivity index (χ2n) is 4.45. The Bertz CT molecular complexity index is 603. The maximum atomic E-state index is 13.8. The molecule has 0 bridgehead atoms. The molecule has 1 saturated carbocycles. The first kappa shape index (κ1) is 11.3. The second kappa shape index (κ2) is 3.58. The maximum Gasteiger partial charge on any atom is 0.168 e. The van der Waals surface area contributed by atoms with Crippen molar-refractivity contribution in [3.05, 3.63) is 12.7 Å². The van der Waals surface area contributed by atoms with E-state index in [2.05, 4.69) is 15.0 Å². The number of anilines is 1. The smallest absolute Gasteiger partial charge is 0.168 e. The molecule has 0 aromatic carbocycles. The van der Waals surface area contributed by atoms with Crippen LogP contribution in [0.1, 0.15) is 12.5 Å². The molecule has 1 aliphatic carbocycles. The average molecular weight is 255 g/mol. The van der Waals surface area contributed by atoms with Gasteiger partial charge in [0.1, 0.15) is 11.8 Å². The Morgan fingerprint density at radius 1 is 1.50 bits per heavy atom. The summed E-state index contributed by atoms with van der Waals surface area (Å²) in [4.78, 5) is 11.7. The highest BCUT2D eigenvalue weighted by atomic mass is 19.2. The van der Waals surface area contributed by atoms with Crippen LogP contribution in [0, 0.1) is 0 Å². The molecule has 0 aliphatic heterocycles. The summed E-state index contributed by atoms with van der Waals surface area (Å²) in [5.74, 6) is 0.196. The largest absolute Gasteiger partial charge is 0.393 e. The Kier molecular flexibility index (Phi) is 2.24. The Hall–Kier alpha value is -1.83. The molecule has 3 atom stereocenters. The molecule has 0 amide bonds. The Balaban J connectivity index is 2.00. The van der Waals surface area contributed by atoms with Gasteiger partial charge in [0, 0.05) is 6.42 Å². The molecule has 2 heterocycles. The molecule has 3 rings (SSSR count). The summed E-state index contributed by atoms with van der Waals surface area (Å²) in [6, 6.07) is -0.721. The van der Waals surface area contributed by atoms with Crippen molar-refractivity contribution < 1.29 is 13.9 Å². The van der Waals surface area contributed by atoms with Gasteiger partial charge in [-0.25, -0.2) is 23.7 Å². The summed E-state index contributed by atoms with van der Waals surface area (Å²) in [5, 5.41) is 8.80. The van der Waals surface area contributed by atoms with Crippen molar-refractivity contribution in [3.8, 4) is 0 Å². The molecule has 3 N–H and O–H groups in total. The molecule has 0 spiro atoms. The number of imidazole rings is 1. The first-order chi connectivity index (χ1) is 8.57. The van der Waals surface area contributed by atoms with Gasteiger partial charge in [0.15, 0.2) is 23.3 Å². The number of fused-ring (bicyclic) bond motifs is 1. The number of alkyl halides is 2. The molecule has 96 valence electrons. The van der Waals surface area contributed by atoms with Gasteiger partial charge < -0.3 is 15.4 Å². The number of rotatable bonds is 2. The number of nitrogens with two attached hydrogens (primary N) is 1. The molecule has 0 saturated heterocycles. The predicted octanol–water partition coefficient (Wildman–Crippen LogP) is 0.392. The van der Waals surface area contributed by atoms with Crippen LogP contribution >= 0.6 is 0 Å². The molecule has 8 heteroatoms. The number of nitrogens with zero attached hydrogens (tertiary/aromatic N) is 4. The zero-order chi connectivity index (χ0) is 12.9. The van der Waals surface area contributed by atoms with Crippen molar-refractivity contribution in [2.75, 3.05) is 12.3 Å². The maximum absolute atomic E-state index is 13.8. The number of halogens is 2. The van der Waals surface area contributed by atoms with Crippen molar-refractivity contribution in [3.63, 3.8) is 0 Å². The molecule has 1 aliphatic rings. The topological polar surface area (TPSA) is 89.9 Å². The summed E-state index contributed by atoms with van der Waals surface area (Å²) in [5.41, 5.74) is 4.18. The summed E-state index contributed by atoms with van der Waals surface area (Å²) in [6.07, 6.45) is 0.719. The highest BCUT2D eigenvalue weighted by molar-refractivity contribution is 5.81. The molecule has 0 unspecified atom stereocenters. The fourth-order valence-electron chi connectivity index (χ4n) is 2.25. The van der Waals surface area contributed by atoms with Crippen LogP contribution in [0.5, 0.6) is 0 Å². The highest BCUT2D eigenvalue weighted by Crippen LogP contribution is 2.47. The first-order valence-electron chi connectivity index (χ1n) is 5.43. The van der Waals surface area contributed by atoms with Gasteiger partial charge in [-0.05, 0) is 0 Å². The number of nitrogen functional groups attached to an aromatic ring is 1. The van der Waals surface area contributed by atoms with Gasteiger partial charge in [-0.3, -0.25) is 0 Å². The Labute approximate surface area is 100 Å². The van der Waals surface area contributed by atoms with Gasteiger partial charge in [0.2, 0.25) is 0 Å². The van der Waals surface area contributed by atoms with E-state index in [9.17, 15) is 8.78 Å². The third kappa shape index (κ3) is 1.32. The SMILES string of the molecule is Nc1ncnc2c1ncn2[C@@H]1C[C@](F)(CO)[C@H]1F. The van der Waals surface area contributed by atoms with E-state index in [1.807, 2.05) is 0 Å². The molecule has 18 heavy (non-hydrogen) atoms. The minimum absolute atomic E-state index is 0.111. The summed E-state index contributed by atoms with van der Waals surface area (Å²) in [7, 11) is 0. The third-order valence-corrected chi connectivity index (χ3v) is 3.39. The van der Waals surface area contributed by atoms with Crippen molar-refractivity contribution in [2.45, 2.75) is 24.3 Å². The van der Waals surface area contributed by atoms with E-state index < -0.39 is 24.5 Å². The summed E-state index contributed by atoms with van der Waals surface area (Å²) in [6.45, 7) is -0.825. The van der Waals surface area contributed by atoms with Crippen molar-refractivity contribution in [1.29, 1.82) is 0 Å². The van der Waals surface area contributed by atoms with E-state index in [0.717, 1.165) is 0 Å². The summed E-state index contributed by atoms with van der Waals surface area (Å²) >= 11 is 0. The number of hydrogen-bond donors (Lipinski definition) is 2. The van der Waals surface area contributed by atoms with Crippen LogP contribution in [-0.4, -0.2) is 43.1 Å². The van der Waals surface area contributed by atoms with E-state index in [0.29, 0.717) is 11.2 Å². The van der Waals surface area contributed by atoms with E-state index in [4.69, 9.17) is 10.8 Å². The van der Waals surface area contributed by atoms with Crippen LogP contribution in [-0.2, 0) is 0 Å². The van der Waals surface area contributed by atoms with E-state index in [1.165, 1.54) is 17.2 Å². The predicted molar refractivity (Wildman–Crippen MR) is 59.2 cm³/mol. The Morgan fingerprint density at radius 2 is 2.28 bits per heavy atom. The third-order valence-electron chi connectivity index (χ3n) is 3.39. The molecule has 2 aromatic heterocycles. The molecule has 1 fully saturated rings. The second-order valence-corrected chi connectivity index (χ2v) is 4.45. The lowest BCUT2D eigenvalue weighted by Crippen LogP contribution is -2.55. The van der Waals surface area contributed by atoms with Crippen LogP contribution < -0.4 is 5.73 Å². The van der Waals surface area contributed by atoms with E-state index >= 15 is 0 Å². The lowest BCUT2D eigenvalue weighted by Gasteiger charge is -2.44. The van der Waals surface area contributed by atoms with E-state index in [1.54, 1.807) is 0 Å². The van der Waals surface area contributed by atoms with Gasteiger partial charge in [0.05, 0.1) is 19.0 Å². The van der Waals surface area contributed by atoms with Crippen LogP contribution in [0.3, 0.4) is 0 Å². The lowest BCUT2D eigenvalue weighted by molar-refractivity contribution is -0.111. The van der Waals surface area contributed by atoms with Crippen molar-refractivity contribution in [2.24, 2.45) is 0 Å². The highest BCUT2D eigenvalue weighted by Gasteiger charge is 2.56. The minimum Gasteiger partial charge on any atom is -0.393 e. The zero-order valence-electron chi connectivity index (χ0n) is 9.29. The van der Waals surface area contributed by atoms with Gasteiger partial charge in [0.25, 0.3) is 0 Å². The van der Waals surface area contributed by atoms with Crippen molar-refractivity contribution >= 4 is 17.0 Å². The van der Waals surface area contributed by atoms with Gasteiger partial charge in [-0.2, -0.15) is 0 Å². The monoisotopic (exact) mass is 255 g/mol. The molecule has 6 nitrogen and oxygen atoms in total. The zero-order valence-corrected chi connectivity index (χ0v) is 9.29. The number of aliphatic hydroxyl groups is 1. The fraction of sp³-hybridized carbons (Fsp3) is 0.500. The molecular weight excluding hydrogens is 244 g/mol. The fourth-order valence-corrected chi connectivity index (χ4v) is 2.25. The average Bonchev–Trinajstić information content (AvgIpc) is 2.80. The number of aromatic nitrogens is 4. The van der Waals surface area contributed by atoms with Gasteiger partial charge in [-0.15, -0.1) is 0 Å². The van der Waals surface area contributed by atoms with Crippen LogP contribution in [0.2, 0.25) is 0 Å². The molecule has 2 aromatic rings. The van der Waals surface area contributed by atoms with Crippen LogP contribution in [0.4, 0.5) is 14.6 Å². The minimum atomic E-state index is -2.17. The number of hydrogen-bond acceptors (Lipinski definition) is 5. The van der Waals surface area contributed by atoms with Crippen LogP contribution in [0.25, 0.3) is 11.2 Å². The normalized spacial score (nSPS) is 31.5. The number of aliphatic hydroxyl groups excluding tert-OH is 1. The first-order valence-corrected chi connectivity index (χ1v) is 5.43.